The van der Waals surface area contributed by atoms with Gasteiger partial charge < -0.3 is 36.2 Å². The zero-order chi connectivity index (χ0) is 30.3. The van der Waals surface area contributed by atoms with Crippen molar-refractivity contribution in [1.82, 2.24) is 14.9 Å². The normalized spacial score (nSPS) is 13.3. The van der Waals surface area contributed by atoms with E-state index < -0.39 is 11.5 Å². The van der Waals surface area contributed by atoms with Crippen LogP contribution in [0, 0.1) is 0 Å². The number of amides is 3. The van der Waals surface area contributed by atoms with Crippen molar-refractivity contribution in [3.05, 3.63) is 65.9 Å². The van der Waals surface area contributed by atoms with Crippen molar-refractivity contribution >= 4 is 46.7 Å². The highest BCUT2D eigenvalue weighted by Crippen LogP contribution is 2.24. The minimum absolute atomic E-state index is 0.296. The molecule has 42 heavy (non-hydrogen) atoms. The number of primary amides is 1. The van der Waals surface area contributed by atoms with Gasteiger partial charge in [-0.3, -0.25) is 9.59 Å². The van der Waals surface area contributed by atoms with Crippen LogP contribution in [0.1, 0.15) is 54.8 Å². The number of rotatable bonds is 9. The van der Waals surface area contributed by atoms with E-state index in [4.69, 9.17) is 10.5 Å². The number of piperazine rings is 1. The van der Waals surface area contributed by atoms with E-state index in [2.05, 4.69) is 30.8 Å². The second-order valence-electron chi connectivity index (χ2n) is 10.9. The highest BCUT2D eigenvalue weighted by Gasteiger charge is 2.26. The van der Waals surface area contributed by atoms with Crippen molar-refractivity contribution < 1.29 is 19.1 Å². The molecule has 3 aromatic rings. The third-order valence-corrected chi connectivity index (χ3v) is 6.40. The quantitative estimate of drug-likeness (QED) is 0.290. The molecule has 0 aliphatic carbocycles. The lowest BCUT2D eigenvalue weighted by Crippen LogP contribution is -2.50. The highest BCUT2D eigenvalue weighted by atomic mass is 16.6. The van der Waals surface area contributed by atoms with Gasteiger partial charge in [-0.2, -0.15) is 4.98 Å². The van der Waals surface area contributed by atoms with Crippen LogP contribution in [0.4, 0.5) is 33.6 Å². The van der Waals surface area contributed by atoms with E-state index >= 15 is 0 Å². The van der Waals surface area contributed by atoms with Gasteiger partial charge in [-0.25, -0.2) is 9.78 Å². The molecule has 12 heteroatoms. The summed E-state index contributed by atoms with van der Waals surface area (Å²) in [6.45, 7) is 10.6. The number of anilines is 5. The molecule has 1 aromatic heterocycles. The molecule has 0 unspecified atom stereocenters. The number of nitrogens with zero attached hydrogens (tertiary/aromatic N) is 4. The van der Waals surface area contributed by atoms with Gasteiger partial charge in [-0.05, 0) is 69.7 Å². The number of benzene rings is 2. The second kappa shape index (κ2) is 13.2. The van der Waals surface area contributed by atoms with Crippen LogP contribution in [0.5, 0.6) is 0 Å². The highest BCUT2D eigenvalue weighted by molar-refractivity contribution is 6.07. The largest absolute Gasteiger partial charge is 0.444 e. The lowest BCUT2D eigenvalue weighted by Gasteiger charge is -2.36. The summed E-state index contributed by atoms with van der Waals surface area (Å²) in [4.78, 5) is 49.8. The van der Waals surface area contributed by atoms with Crippen molar-refractivity contribution in [1.29, 1.82) is 0 Å². The molecule has 222 valence electrons. The molecule has 0 atom stereocenters. The molecule has 1 saturated heterocycles. The van der Waals surface area contributed by atoms with Gasteiger partial charge in [0.05, 0.1) is 0 Å². The van der Waals surface area contributed by atoms with Crippen molar-refractivity contribution in [2.75, 3.05) is 53.6 Å². The Morgan fingerprint density at radius 3 is 2.36 bits per heavy atom. The zero-order valence-corrected chi connectivity index (χ0v) is 24.4. The van der Waals surface area contributed by atoms with Gasteiger partial charge >= 0.3 is 6.09 Å². The van der Waals surface area contributed by atoms with Gasteiger partial charge in [0.1, 0.15) is 17.0 Å². The molecule has 5 N–H and O–H groups in total. The molecule has 0 radical (unpaired) electrons. The van der Waals surface area contributed by atoms with Crippen LogP contribution in [-0.4, -0.2) is 71.1 Å². The first-order valence-corrected chi connectivity index (χ1v) is 13.9. The Morgan fingerprint density at radius 2 is 1.71 bits per heavy atom. The Balaban J connectivity index is 1.43. The molecule has 1 fully saturated rings. The first-order chi connectivity index (χ1) is 20.0. The topological polar surface area (TPSA) is 155 Å². The first-order valence-electron chi connectivity index (χ1n) is 13.9. The summed E-state index contributed by atoms with van der Waals surface area (Å²) in [5.41, 5.74) is 7.71. The third-order valence-electron chi connectivity index (χ3n) is 6.40. The summed E-state index contributed by atoms with van der Waals surface area (Å²) in [6, 6.07) is 14.2. The maximum Gasteiger partial charge on any atom is 0.410 e. The van der Waals surface area contributed by atoms with Crippen LogP contribution in [0.2, 0.25) is 0 Å². The van der Waals surface area contributed by atoms with E-state index in [1.165, 1.54) is 6.20 Å². The molecule has 4 rings (SSSR count). The molecule has 1 aliphatic rings. The van der Waals surface area contributed by atoms with E-state index in [0.29, 0.717) is 67.0 Å². The number of nitrogens with two attached hydrogens (primary N) is 1. The summed E-state index contributed by atoms with van der Waals surface area (Å²) in [5.74, 6) is -0.164. The summed E-state index contributed by atoms with van der Waals surface area (Å²) >= 11 is 0. The van der Waals surface area contributed by atoms with Crippen molar-refractivity contribution in [3.63, 3.8) is 0 Å². The molecule has 1 aliphatic heterocycles. The molecule has 3 amide bonds. The standard InChI is InChI=1S/C30H38N8O4/c1-5-13-32-26-24(19-33-28(36-26)35-21-11-9-20(10-12-21)25(31)39)27(40)34-22-7-6-8-23(18-22)37-14-16-38(17-15-37)29(41)42-30(2,3)4/h6-12,18-19H,5,13-17H2,1-4H3,(H2,31,39)(H,34,40)(H2,32,33,35,36). The van der Waals surface area contributed by atoms with Crippen molar-refractivity contribution in [3.8, 4) is 0 Å². The smallest absolute Gasteiger partial charge is 0.410 e. The maximum atomic E-state index is 13.3. The van der Waals surface area contributed by atoms with E-state index in [-0.39, 0.29) is 12.0 Å². The van der Waals surface area contributed by atoms with Gasteiger partial charge in [0.2, 0.25) is 11.9 Å². The molecule has 0 spiro atoms. The number of hydrogen-bond donors (Lipinski definition) is 4. The first kappa shape index (κ1) is 30.1. The summed E-state index contributed by atoms with van der Waals surface area (Å²) in [7, 11) is 0. The molecular formula is C30H38N8O4. The Morgan fingerprint density at radius 1 is 1.00 bits per heavy atom. The number of nitrogens with one attached hydrogen (secondary N) is 3. The van der Waals surface area contributed by atoms with Crippen LogP contribution in [0.15, 0.2) is 54.7 Å². The zero-order valence-electron chi connectivity index (χ0n) is 24.4. The number of carbonyl (C=O) groups excluding carboxylic acids is 3. The Bertz CT molecular complexity index is 1410. The van der Waals surface area contributed by atoms with Crippen LogP contribution in [0.25, 0.3) is 0 Å². The minimum atomic E-state index is -0.534. The lowest BCUT2D eigenvalue weighted by atomic mass is 10.2. The van der Waals surface area contributed by atoms with Crippen LogP contribution in [-0.2, 0) is 4.74 Å². The van der Waals surface area contributed by atoms with Gasteiger partial charge in [0, 0.05) is 61.5 Å². The van der Waals surface area contributed by atoms with Gasteiger partial charge in [0.15, 0.2) is 0 Å². The predicted molar refractivity (Wildman–Crippen MR) is 163 cm³/mol. The Kier molecular flexibility index (Phi) is 9.46. The molecule has 0 bridgehead atoms. The van der Waals surface area contributed by atoms with E-state index in [9.17, 15) is 14.4 Å². The molecule has 12 nitrogen and oxygen atoms in total. The Hall–Kier alpha value is -4.87. The molecule has 2 heterocycles. The molecule has 0 saturated carbocycles. The van der Waals surface area contributed by atoms with E-state index in [1.54, 1.807) is 29.2 Å². The van der Waals surface area contributed by atoms with Crippen LogP contribution < -0.4 is 26.6 Å². The molecule has 2 aromatic carbocycles. The van der Waals surface area contributed by atoms with E-state index in [0.717, 1.165) is 12.1 Å². The average Bonchev–Trinajstić information content (AvgIpc) is 2.95. The van der Waals surface area contributed by atoms with Gasteiger partial charge in [-0.15, -0.1) is 0 Å². The van der Waals surface area contributed by atoms with Gasteiger partial charge in [0.25, 0.3) is 5.91 Å². The fourth-order valence-electron chi connectivity index (χ4n) is 4.29. The number of hydrogen-bond acceptors (Lipinski definition) is 9. The molecular weight excluding hydrogens is 536 g/mol. The maximum absolute atomic E-state index is 13.3. The van der Waals surface area contributed by atoms with Gasteiger partial charge in [-0.1, -0.05) is 13.0 Å². The Labute approximate surface area is 245 Å². The lowest BCUT2D eigenvalue weighted by molar-refractivity contribution is 0.0240. The summed E-state index contributed by atoms with van der Waals surface area (Å²) in [6.07, 6.45) is 2.01. The number of carbonyl (C=O) groups is 3. The SMILES string of the molecule is CCCNc1nc(Nc2ccc(C(N)=O)cc2)ncc1C(=O)Nc1cccc(N2CCN(C(=O)OC(C)(C)C)CC2)c1. The second-order valence-corrected chi connectivity index (χ2v) is 10.9. The third kappa shape index (κ3) is 8.09. The van der Waals surface area contributed by atoms with Crippen molar-refractivity contribution in [2.24, 2.45) is 5.73 Å². The monoisotopic (exact) mass is 574 g/mol. The minimum Gasteiger partial charge on any atom is -0.444 e. The van der Waals surface area contributed by atoms with Crippen LogP contribution in [0.3, 0.4) is 0 Å². The van der Waals surface area contributed by atoms with Crippen molar-refractivity contribution in [2.45, 2.75) is 39.7 Å². The summed E-state index contributed by atoms with van der Waals surface area (Å²) < 4.78 is 5.49. The fourth-order valence-corrected chi connectivity index (χ4v) is 4.29. The number of ether oxygens (including phenoxy) is 1. The fraction of sp³-hybridized carbons (Fsp3) is 0.367. The summed E-state index contributed by atoms with van der Waals surface area (Å²) in [5, 5.41) is 9.25. The number of aromatic nitrogens is 2. The average molecular weight is 575 g/mol. The predicted octanol–water partition coefficient (Wildman–Crippen LogP) is 4.45. The van der Waals surface area contributed by atoms with E-state index in [1.807, 2.05) is 52.0 Å². The van der Waals surface area contributed by atoms with Crippen LogP contribution >= 0.6 is 0 Å².